The van der Waals surface area contributed by atoms with Gasteiger partial charge in [-0.25, -0.2) is 0 Å². The van der Waals surface area contributed by atoms with Gasteiger partial charge < -0.3 is 16.4 Å². The molecule has 0 bridgehead atoms. The number of nitrogen functional groups attached to an aromatic ring is 1. The van der Waals surface area contributed by atoms with E-state index in [1.165, 1.54) is 0 Å². The van der Waals surface area contributed by atoms with Crippen molar-refractivity contribution in [3.05, 3.63) is 47.5 Å². The second-order valence-electron chi connectivity index (χ2n) is 4.60. The van der Waals surface area contributed by atoms with Crippen molar-refractivity contribution in [2.24, 2.45) is 0 Å². The number of nitrogens with zero attached hydrogens (tertiary/aromatic N) is 1. The highest BCUT2D eigenvalue weighted by molar-refractivity contribution is 6.01. The van der Waals surface area contributed by atoms with Crippen molar-refractivity contribution in [1.29, 1.82) is 5.26 Å². The fraction of sp³-hybridized carbons (Fsp3) is 0.0667. The van der Waals surface area contributed by atoms with Crippen LogP contribution in [0.4, 0.5) is 22.7 Å². The summed E-state index contributed by atoms with van der Waals surface area (Å²) in [7, 11) is 0. The summed E-state index contributed by atoms with van der Waals surface area (Å²) in [5.41, 5.74) is 10.1. The van der Waals surface area contributed by atoms with Gasteiger partial charge >= 0.3 is 0 Å². The summed E-state index contributed by atoms with van der Waals surface area (Å²) in [6, 6.07) is 12.9. The molecule has 0 radical (unpaired) electrons. The number of para-hydroxylation sites is 1. The summed E-state index contributed by atoms with van der Waals surface area (Å²) in [6.45, 7) is 0. The van der Waals surface area contributed by atoms with Crippen LogP contribution < -0.4 is 16.4 Å². The molecule has 2 aromatic rings. The lowest BCUT2D eigenvalue weighted by atomic mass is 10.1. The normalized spacial score (nSPS) is 12.4. The maximum Gasteiger partial charge on any atom is 0.228 e. The van der Waals surface area contributed by atoms with E-state index in [1.807, 2.05) is 12.1 Å². The lowest BCUT2D eigenvalue weighted by molar-refractivity contribution is -0.115. The predicted molar refractivity (Wildman–Crippen MR) is 77.6 cm³/mol. The molecular formula is C15H12N4O. The Bertz CT molecular complexity index is 746. The van der Waals surface area contributed by atoms with Crippen molar-refractivity contribution in [3.63, 3.8) is 0 Å². The van der Waals surface area contributed by atoms with Gasteiger partial charge in [0.05, 0.1) is 29.0 Å². The lowest BCUT2D eigenvalue weighted by Crippen LogP contribution is -2.03. The number of fused-ring (bicyclic) bond motifs is 1. The summed E-state index contributed by atoms with van der Waals surface area (Å²) in [4.78, 5) is 11.4. The first-order valence-electron chi connectivity index (χ1n) is 6.16. The first-order valence-corrected chi connectivity index (χ1v) is 6.16. The quantitative estimate of drug-likeness (QED) is 0.726. The maximum absolute atomic E-state index is 11.4. The minimum absolute atomic E-state index is 0.0334. The molecule has 0 aliphatic carbocycles. The van der Waals surface area contributed by atoms with Crippen LogP contribution in [-0.2, 0) is 11.2 Å². The van der Waals surface area contributed by atoms with Crippen LogP contribution in [0.15, 0.2) is 36.4 Å². The highest BCUT2D eigenvalue weighted by Gasteiger charge is 2.19. The van der Waals surface area contributed by atoms with Gasteiger partial charge in [0, 0.05) is 5.69 Å². The van der Waals surface area contributed by atoms with Gasteiger partial charge in [-0.15, -0.1) is 0 Å². The Balaban J connectivity index is 1.98. The van der Waals surface area contributed by atoms with E-state index >= 15 is 0 Å². The van der Waals surface area contributed by atoms with E-state index in [9.17, 15) is 4.79 Å². The van der Waals surface area contributed by atoms with E-state index in [0.717, 1.165) is 11.3 Å². The second-order valence-corrected chi connectivity index (χ2v) is 4.60. The Morgan fingerprint density at radius 1 is 1.25 bits per heavy atom. The number of rotatable bonds is 2. The van der Waals surface area contributed by atoms with Gasteiger partial charge in [-0.05, 0) is 29.8 Å². The Morgan fingerprint density at radius 3 is 2.85 bits per heavy atom. The molecule has 0 aromatic heterocycles. The highest BCUT2D eigenvalue weighted by atomic mass is 16.1. The van der Waals surface area contributed by atoms with E-state index in [0.29, 0.717) is 29.0 Å². The standard InChI is InChI=1S/C15H12N4O/c16-8-9-3-1-2-4-12(9)18-14-7-13-10(5-11(14)17)6-15(20)19-13/h1-5,7,18H,6,17H2,(H,19,20). The van der Waals surface area contributed by atoms with Crippen LogP contribution in [0.5, 0.6) is 0 Å². The maximum atomic E-state index is 11.4. The summed E-state index contributed by atoms with van der Waals surface area (Å²) < 4.78 is 0. The van der Waals surface area contributed by atoms with Crippen molar-refractivity contribution < 1.29 is 4.79 Å². The Hall–Kier alpha value is -3.00. The molecule has 1 aliphatic heterocycles. The number of hydrogen-bond donors (Lipinski definition) is 3. The molecule has 5 nitrogen and oxygen atoms in total. The fourth-order valence-electron chi connectivity index (χ4n) is 2.24. The first kappa shape index (κ1) is 12.1. The molecule has 1 amide bonds. The monoisotopic (exact) mass is 264 g/mol. The van der Waals surface area contributed by atoms with E-state index in [4.69, 9.17) is 11.0 Å². The summed E-state index contributed by atoms with van der Waals surface area (Å²) in [5.74, 6) is -0.0334. The van der Waals surface area contributed by atoms with Crippen LogP contribution in [0.2, 0.25) is 0 Å². The number of amides is 1. The molecule has 0 saturated carbocycles. The van der Waals surface area contributed by atoms with E-state index < -0.39 is 0 Å². The van der Waals surface area contributed by atoms with Crippen molar-refractivity contribution in [2.75, 3.05) is 16.4 Å². The van der Waals surface area contributed by atoms with E-state index in [2.05, 4.69) is 16.7 Å². The van der Waals surface area contributed by atoms with Crippen LogP contribution in [0.1, 0.15) is 11.1 Å². The number of nitriles is 1. The molecule has 4 N–H and O–H groups in total. The minimum atomic E-state index is -0.0334. The molecular weight excluding hydrogens is 252 g/mol. The average Bonchev–Trinajstić information content (AvgIpc) is 2.79. The molecule has 0 unspecified atom stereocenters. The number of nitrogens with two attached hydrogens (primary N) is 1. The zero-order valence-electron chi connectivity index (χ0n) is 10.6. The number of benzene rings is 2. The molecule has 2 aromatic carbocycles. The third-order valence-corrected chi connectivity index (χ3v) is 3.22. The predicted octanol–water partition coefficient (Wildman–Crippen LogP) is 2.38. The zero-order chi connectivity index (χ0) is 14.1. The molecule has 0 spiro atoms. The second kappa shape index (κ2) is 4.59. The summed E-state index contributed by atoms with van der Waals surface area (Å²) in [6.07, 6.45) is 0.356. The van der Waals surface area contributed by atoms with Crippen LogP contribution in [0, 0.1) is 11.3 Å². The van der Waals surface area contributed by atoms with Crippen LogP contribution in [-0.4, -0.2) is 5.91 Å². The number of carbonyl (C=O) groups excluding carboxylic acids is 1. The van der Waals surface area contributed by atoms with Crippen LogP contribution in [0.25, 0.3) is 0 Å². The Morgan fingerprint density at radius 2 is 2.05 bits per heavy atom. The number of hydrogen-bond acceptors (Lipinski definition) is 4. The zero-order valence-corrected chi connectivity index (χ0v) is 10.6. The Kier molecular flexibility index (Phi) is 2.77. The number of carbonyl (C=O) groups is 1. The molecule has 3 rings (SSSR count). The van der Waals surface area contributed by atoms with E-state index in [1.54, 1.807) is 24.3 Å². The number of nitrogens with one attached hydrogen (secondary N) is 2. The largest absolute Gasteiger partial charge is 0.397 e. The van der Waals surface area contributed by atoms with Gasteiger partial charge in [0.25, 0.3) is 0 Å². The van der Waals surface area contributed by atoms with Gasteiger partial charge in [0.2, 0.25) is 5.91 Å². The van der Waals surface area contributed by atoms with Gasteiger partial charge in [-0.1, -0.05) is 12.1 Å². The SMILES string of the molecule is N#Cc1ccccc1Nc1cc2c(cc1N)CC(=O)N2. The van der Waals surface area contributed by atoms with Crippen LogP contribution in [0.3, 0.4) is 0 Å². The Labute approximate surface area is 116 Å². The van der Waals surface area contributed by atoms with Crippen molar-refractivity contribution in [3.8, 4) is 6.07 Å². The van der Waals surface area contributed by atoms with Gasteiger partial charge in [-0.2, -0.15) is 5.26 Å². The van der Waals surface area contributed by atoms with E-state index in [-0.39, 0.29) is 5.91 Å². The highest BCUT2D eigenvalue weighted by Crippen LogP contribution is 2.33. The average molecular weight is 264 g/mol. The topological polar surface area (TPSA) is 90.9 Å². The minimum Gasteiger partial charge on any atom is -0.397 e. The van der Waals surface area contributed by atoms with Crippen molar-refractivity contribution in [1.82, 2.24) is 0 Å². The third kappa shape index (κ3) is 2.04. The van der Waals surface area contributed by atoms with Gasteiger partial charge in [0.15, 0.2) is 0 Å². The van der Waals surface area contributed by atoms with Crippen molar-refractivity contribution >= 4 is 28.7 Å². The fourth-order valence-corrected chi connectivity index (χ4v) is 2.24. The molecule has 20 heavy (non-hydrogen) atoms. The van der Waals surface area contributed by atoms with Crippen molar-refractivity contribution in [2.45, 2.75) is 6.42 Å². The molecule has 0 atom stereocenters. The molecule has 0 saturated heterocycles. The first-order chi connectivity index (χ1) is 9.67. The third-order valence-electron chi connectivity index (χ3n) is 3.22. The number of anilines is 4. The summed E-state index contributed by atoms with van der Waals surface area (Å²) in [5, 5.41) is 15.0. The summed E-state index contributed by atoms with van der Waals surface area (Å²) >= 11 is 0. The smallest absolute Gasteiger partial charge is 0.228 e. The van der Waals surface area contributed by atoms with Crippen LogP contribution >= 0.6 is 0 Å². The van der Waals surface area contributed by atoms with Gasteiger partial charge in [0.1, 0.15) is 6.07 Å². The molecule has 1 heterocycles. The lowest BCUT2D eigenvalue weighted by Gasteiger charge is -2.12. The molecule has 5 heteroatoms. The molecule has 1 aliphatic rings. The molecule has 0 fully saturated rings. The molecule has 98 valence electrons. The van der Waals surface area contributed by atoms with Gasteiger partial charge in [-0.3, -0.25) is 4.79 Å².